The van der Waals surface area contributed by atoms with Crippen LogP contribution in [-0.4, -0.2) is 28.6 Å². The number of aromatic nitrogens is 1. The van der Waals surface area contributed by atoms with Crippen LogP contribution >= 0.6 is 11.8 Å². The lowest BCUT2D eigenvalue weighted by Gasteiger charge is -2.23. The minimum absolute atomic E-state index is 0.379. The Balaban J connectivity index is 1.99. The van der Waals surface area contributed by atoms with Crippen molar-refractivity contribution in [3.63, 3.8) is 0 Å². The van der Waals surface area contributed by atoms with Gasteiger partial charge in [-0.2, -0.15) is 0 Å². The number of ether oxygens (including phenoxy) is 1. The minimum Gasteiger partial charge on any atom is -0.478 e. The van der Waals surface area contributed by atoms with E-state index in [4.69, 9.17) is 4.74 Å². The molecule has 0 amide bonds. The number of aliphatic imine (C=N–C) groups is 1. The molecular weight excluding hydrogens is 246 g/mol. The highest BCUT2D eigenvalue weighted by molar-refractivity contribution is 8.14. The zero-order chi connectivity index (χ0) is 13.0. The molecule has 18 heavy (non-hydrogen) atoms. The van der Waals surface area contributed by atoms with Gasteiger partial charge in [-0.1, -0.05) is 18.7 Å². The van der Waals surface area contributed by atoms with Crippen LogP contribution in [0.25, 0.3) is 0 Å². The number of rotatable bonds is 3. The Kier molecular flexibility index (Phi) is 4.47. The number of anilines is 1. The Labute approximate surface area is 112 Å². The van der Waals surface area contributed by atoms with Gasteiger partial charge >= 0.3 is 0 Å². The van der Waals surface area contributed by atoms with Crippen LogP contribution < -0.4 is 10.1 Å². The number of nitrogens with zero attached hydrogens (tertiary/aromatic N) is 2. The van der Waals surface area contributed by atoms with Gasteiger partial charge in [-0.25, -0.2) is 4.98 Å². The van der Waals surface area contributed by atoms with Gasteiger partial charge in [0.15, 0.2) is 5.17 Å². The second-order valence-corrected chi connectivity index (χ2v) is 5.41. The van der Waals surface area contributed by atoms with E-state index in [9.17, 15) is 0 Å². The molecule has 0 bridgehead atoms. The van der Waals surface area contributed by atoms with Gasteiger partial charge in [0.25, 0.3) is 0 Å². The Hall–Kier alpha value is -1.23. The van der Waals surface area contributed by atoms with Crippen LogP contribution in [0.5, 0.6) is 5.88 Å². The summed E-state index contributed by atoms with van der Waals surface area (Å²) >= 11 is 1.76. The van der Waals surface area contributed by atoms with Crippen LogP contribution in [0.1, 0.15) is 20.8 Å². The summed E-state index contributed by atoms with van der Waals surface area (Å²) in [6.07, 6.45) is 1.77. The second kappa shape index (κ2) is 6.09. The van der Waals surface area contributed by atoms with E-state index in [1.165, 1.54) is 0 Å². The lowest BCUT2D eigenvalue weighted by Crippen LogP contribution is -2.25. The first kappa shape index (κ1) is 13.2. The summed E-state index contributed by atoms with van der Waals surface area (Å²) < 4.78 is 5.31. The Morgan fingerprint density at radius 3 is 2.89 bits per heavy atom. The standard InChI is InChI=1S/C13H19N3OS/c1-4-17-12-6-5-11(7-14-12)16-13-15-10(3)9(2)8-18-13/h5-7,9-10H,4,8H2,1-3H3,(H,15,16). The maximum atomic E-state index is 5.31. The topological polar surface area (TPSA) is 46.5 Å². The van der Waals surface area contributed by atoms with E-state index in [0.29, 0.717) is 24.4 Å². The predicted molar refractivity (Wildman–Crippen MR) is 77.5 cm³/mol. The van der Waals surface area contributed by atoms with Gasteiger partial charge in [0.1, 0.15) is 0 Å². The van der Waals surface area contributed by atoms with Crippen molar-refractivity contribution in [2.45, 2.75) is 26.8 Å². The predicted octanol–water partition coefficient (Wildman–Crippen LogP) is 3.02. The molecule has 1 N–H and O–H groups in total. The lowest BCUT2D eigenvalue weighted by atomic mass is 10.1. The van der Waals surface area contributed by atoms with E-state index in [2.05, 4.69) is 29.1 Å². The zero-order valence-corrected chi connectivity index (χ0v) is 11.8. The van der Waals surface area contributed by atoms with Crippen LogP contribution in [0.4, 0.5) is 5.69 Å². The summed E-state index contributed by atoms with van der Waals surface area (Å²) in [5, 5.41) is 4.27. The third-order valence-electron chi connectivity index (χ3n) is 2.91. The molecule has 0 saturated heterocycles. The summed E-state index contributed by atoms with van der Waals surface area (Å²) in [4.78, 5) is 8.85. The molecule has 0 saturated carbocycles. The van der Waals surface area contributed by atoms with Gasteiger partial charge in [-0.15, -0.1) is 0 Å². The molecule has 0 spiro atoms. The molecule has 1 aliphatic heterocycles. The normalized spacial score (nSPS) is 23.4. The summed E-state index contributed by atoms with van der Waals surface area (Å²) in [5.74, 6) is 2.40. The summed E-state index contributed by atoms with van der Waals surface area (Å²) in [6, 6.07) is 4.21. The zero-order valence-electron chi connectivity index (χ0n) is 11.0. The Morgan fingerprint density at radius 2 is 2.28 bits per heavy atom. The Morgan fingerprint density at radius 1 is 1.44 bits per heavy atom. The maximum absolute atomic E-state index is 5.31. The largest absolute Gasteiger partial charge is 0.478 e. The molecule has 1 aromatic rings. The molecule has 2 atom stereocenters. The van der Waals surface area contributed by atoms with Crippen molar-refractivity contribution in [3.05, 3.63) is 18.3 Å². The maximum Gasteiger partial charge on any atom is 0.213 e. The van der Waals surface area contributed by atoms with Crippen LogP contribution in [0, 0.1) is 5.92 Å². The SMILES string of the molecule is CCOc1ccc(NC2=NC(C)C(C)CS2)cn1. The fraction of sp³-hybridized carbons (Fsp3) is 0.538. The average molecular weight is 265 g/mol. The molecule has 0 fully saturated rings. The molecule has 4 nitrogen and oxygen atoms in total. The Bertz CT molecular complexity index is 419. The molecule has 98 valence electrons. The third-order valence-corrected chi connectivity index (χ3v) is 4.08. The third kappa shape index (κ3) is 3.38. The molecular formula is C13H19N3OS. The van der Waals surface area contributed by atoms with Crippen LogP contribution in [0.15, 0.2) is 23.3 Å². The van der Waals surface area contributed by atoms with E-state index in [1.54, 1.807) is 18.0 Å². The number of hydrogen-bond acceptors (Lipinski definition) is 5. The molecule has 0 aliphatic carbocycles. The van der Waals surface area contributed by atoms with Gasteiger partial charge in [0.2, 0.25) is 5.88 Å². The molecule has 2 rings (SSSR count). The first-order valence-electron chi connectivity index (χ1n) is 6.25. The van der Waals surface area contributed by atoms with Gasteiger partial charge in [0, 0.05) is 11.8 Å². The summed E-state index contributed by atoms with van der Waals surface area (Å²) in [6.45, 7) is 6.97. The molecule has 1 aliphatic rings. The number of amidine groups is 1. The first-order chi connectivity index (χ1) is 8.69. The van der Waals surface area contributed by atoms with Crippen LogP contribution in [0.2, 0.25) is 0 Å². The van der Waals surface area contributed by atoms with E-state index in [1.807, 2.05) is 19.1 Å². The van der Waals surface area contributed by atoms with Crippen molar-refractivity contribution in [2.75, 3.05) is 17.7 Å². The highest BCUT2D eigenvalue weighted by Gasteiger charge is 2.19. The van der Waals surface area contributed by atoms with E-state index >= 15 is 0 Å². The first-order valence-corrected chi connectivity index (χ1v) is 7.24. The van der Waals surface area contributed by atoms with Crippen LogP contribution in [-0.2, 0) is 0 Å². The molecule has 1 aromatic heterocycles. The molecule has 0 radical (unpaired) electrons. The fourth-order valence-electron chi connectivity index (χ4n) is 1.58. The number of hydrogen-bond donors (Lipinski definition) is 1. The molecule has 2 unspecified atom stereocenters. The smallest absolute Gasteiger partial charge is 0.213 e. The van der Waals surface area contributed by atoms with Crippen molar-refractivity contribution in [1.29, 1.82) is 0 Å². The molecule has 2 heterocycles. The highest BCUT2D eigenvalue weighted by Crippen LogP contribution is 2.24. The molecule has 0 aromatic carbocycles. The van der Waals surface area contributed by atoms with Crippen molar-refractivity contribution >= 4 is 22.6 Å². The quantitative estimate of drug-likeness (QED) is 0.912. The van der Waals surface area contributed by atoms with Gasteiger partial charge < -0.3 is 10.1 Å². The summed E-state index contributed by atoms with van der Waals surface area (Å²) in [5.41, 5.74) is 0.950. The van der Waals surface area contributed by atoms with Crippen molar-refractivity contribution in [2.24, 2.45) is 10.9 Å². The summed E-state index contributed by atoms with van der Waals surface area (Å²) in [7, 11) is 0. The number of pyridine rings is 1. The van der Waals surface area contributed by atoms with Crippen molar-refractivity contribution < 1.29 is 4.74 Å². The van der Waals surface area contributed by atoms with E-state index < -0.39 is 0 Å². The van der Waals surface area contributed by atoms with Gasteiger partial charge in [-0.3, -0.25) is 4.99 Å². The van der Waals surface area contributed by atoms with Gasteiger partial charge in [-0.05, 0) is 25.8 Å². The lowest BCUT2D eigenvalue weighted by molar-refractivity contribution is 0.327. The van der Waals surface area contributed by atoms with E-state index in [0.717, 1.165) is 16.6 Å². The monoisotopic (exact) mass is 265 g/mol. The molecule has 5 heteroatoms. The van der Waals surface area contributed by atoms with Crippen LogP contribution in [0.3, 0.4) is 0 Å². The highest BCUT2D eigenvalue weighted by atomic mass is 32.2. The minimum atomic E-state index is 0.379. The van der Waals surface area contributed by atoms with Crippen molar-refractivity contribution in [1.82, 2.24) is 4.98 Å². The second-order valence-electron chi connectivity index (χ2n) is 4.41. The fourth-order valence-corrected chi connectivity index (χ4v) is 2.71. The van der Waals surface area contributed by atoms with Gasteiger partial charge in [0.05, 0.1) is 24.5 Å². The number of thioether (sulfide) groups is 1. The number of nitrogens with one attached hydrogen (secondary N) is 1. The average Bonchev–Trinajstić information content (AvgIpc) is 2.37. The van der Waals surface area contributed by atoms with E-state index in [-0.39, 0.29) is 0 Å². The van der Waals surface area contributed by atoms with Crippen molar-refractivity contribution in [3.8, 4) is 5.88 Å².